The van der Waals surface area contributed by atoms with Crippen LogP contribution in [0.2, 0.25) is 0 Å². The molecule has 1 aromatic heterocycles. The summed E-state index contributed by atoms with van der Waals surface area (Å²) in [6, 6.07) is 24.2. The third-order valence-corrected chi connectivity index (χ3v) is 6.19. The summed E-state index contributed by atoms with van der Waals surface area (Å²) < 4.78 is 8.16. The second-order valence-corrected chi connectivity index (χ2v) is 8.70. The van der Waals surface area contributed by atoms with E-state index in [1.54, 1.807) is 0 Å². The van der Waals surface area contributed by atoms with Gasteiger partial charge in [0, 0.05) is 6.54 Å². The molecule has 0 aliphatic heterocycles. The number of rotatable bonds is 10. The van der Waals surface area contributed by atoms with Crippen molar-refractivity contribution in [1.82, 2.24) is 14.9 Å². The highest BCUT2D eigenvalue weighted by molar-refractivity contribution is 5.80. The average molecular weight is 456 g/mol. The van der Waals surface area contributed by atoms with E-state index in [0.717, 1.165) is 53.1 Å². The minimum atomic E-state index is -0.202. The Bertz CT molecular complexity index is 1240. The van der Waals surface area contributed by atoms with Gasteiger partial charge in [0.15, 0.2) is 0 Å². The summed E-state index contributed by atoms with van der Waals surface area (Å²) in [5, 5.41) is 3.15. The van der Waals surface area contributed by atoms with Crippen molar-refractivity contribution in [2.24, 2.45) is 0 Å². The Kier molecular flexibility index (Phi) is 7.63. The molecule has 0 fully saturated rings. The molecule has 1 unspecified atom stereocenters. The average Bonchev–Trinajstić information content (AvgIpc) is 3.22. The lowest BCUT2D eigenvalue weighted by Gasteiger charge is -2.17. The van der Waals surface area contributed by atoms with E-state index in [-0.39, 0.29) is 11.9 Å². The molecule has 34 heavy (non-hydrogen) atoms. The van der Waals surface area contributed by atoms with Crippen LogP contribution < -0.4 is 10.1 Å². The number of benzene rings is 3. The van der Waals surface area contributed by atoms with Gasteiger partial charge in [0.2, 0.25) is 5.91 Å². The largest absolute Gasteiger partial charge is 0.494 e. The first-order chi connectivity index (χ1) is 16.5. The molecule has 3 aromatic carbocycles. The quantitative estimate of drug-likeness (QED) is 0.308. The molecule has 0 aliphatic carbocycles. The molecule has 4 rings (SSSR count). The third-order valence-electron chi connectivity index (χ3n) is 6.19. The summed E-state index contributed by atoms with van der Waals surface area (Å²) in [6.07, 6.45) is 2.23. The minimum Gasteiger partial charge on any atom is -0.494 e. The molecule has 1 atom stereocenters. The molecule has 1 heterocycles. The molecule has 5 nitrogen and oxygen atoms in total. The van der Waals surface area contributed by atoms with Crippen molar-refractivity contribution in [3.63, 3.8) is 0 Å². The number of amides is 1. The summed E-state index contributed by atoms with van der Waals surface area (Å²) in [5.41, 5.74) is 5.49. The molecular weight excluding hydrogens is 422 g/mol. The monoisotopic (exact) mass is 455 g/mol. The number of fused-ring (bicyclic) bond motifs is 1. The maximum absolute atomic E-state index is 12.8. The lowest BCUT2D eigenvalue weighted by molar-refractivity contribution is -0.121. The molecule has 0 saturated heterocycles. The molecule has 4 aromatic rings. The Morgan fingerprint density at radius 2 is 1.76 bits per heavy atom. The van der Waals surface area contributed by atoms with Gasteiger partial charge in [-0.15, -0.1) is 0 Å². The van der Waals surface area contributed by atoms with Crippen molar-refractivity contribution >= 4 is 16.9 Å². The second-order valence-electron chi connectivity index (χ2n) is 8.70. The molecule has 0 bridgehead atoms. The molecule has 0 spiro atoms. The Labute approximate surface area is 201 Å². The van der Waals surface area contributed by atoms with Crippen molar-refractivity contribution in [2.45, 2.75) is 52.6 Å². The lowest BCUT2D eigenvalue weighted by Crippen LogP contribution is -2.30. The SMILES string of the molecule is CCc1ccc(OCCCn2c(C(C)NC(=O)Cc3ccccc3C)nc3ccccc32)cc1. The standard InChI is InChI=1S/C29H33N3O2/c1-4-23-14-16-25(17-15-23)34-19-9-18-32-27-13-8-7-12-26(27)31-29(32)22(3)30-28(33)20-24-11-6-5-10-21(24)2/h5-8,10-17,22H,4,9,18-20H2,1-3H3,(H,30,33). The van der Waals surface area contributed by atoms with Crippen LogP contribution in [0.25, 0.3) is 11.0 Å². The van der Waals surface area contributed by atoms with E-state index in [1.807, 2.05) is 68.4 Å². The fourth-order valence-corrected chi connectivity index (χ4v) is 4.23. The predicted molar refractivity (Wildman–Crippen MR) is 137 cm³/mol. The van der Waals surface area contributed by atoms with E-state index in [4.69, 9.17) is 9.72 Å². The normalized spacial score (nSPS) is 12.0. The van der Waals surface area contributed by atoms with Crippen LogP contribution in [-0.2, 0) is 24.2 Å². The van der Waals surface area contributed by atoms with Gasteiger partial charge in [-0.25, -0.2) is 4.98 Å². The molecule has 5 heteroatoms. The van der Waals surface area contributed by atoms with Gasteiger partial charge in [0.1, 0.15) is 11.6 Å². The molecule has 0 radical (unpaired) electrons. The van der Waals surface area contributed by atoms with Crippen LogP contribution in [0, 0.1) is 6.92 Å². The fourth-order valence-electron chi connectivity index (χ4n) is 4.23. The number of aromatic nitrogens is 2. The number of carbonyl (C=O) groups excluding carboxylic acids is 1. The zero-order chi connectivity index (χ0) is 23.9. The van der Waals surface area contributed by atoms with Gasteiger partial charge in [-0.2, -0.15) is 0 Å². The van der Waals surface area contributed by atoms with Crippen LogP contribution in [0.1, 0.15) is 48.8 Å². The van der Waals surface area contributed by atoms with Gasteiger partial charge < -0.3 is 14.6 Å². The number of ether oxygens (including phenoxy) is 1. The number of para-hydroxylation sites is 2. The predicted octanol–water partition coefficient (Wildman–Crippen LogP) is 5.80. The van der Waals surface area contributed by atoms with Crippen LogP contribution in [0.15, 0.2) is 72.8 Å². The summed E-state index contributed by atoms with van der Waals surface area (Å²) in [7, 11) is 0. The van der Waals surface area contributed by atoms with E-state index in [9.17, 15) is 4.79 Å². The van der Waals surface area contributed by atoms with Gasteiger partial charge in [-0.05, 0) is 67.6 Å². The Hall–Kier alpha value is -3.60. The van der Waals surface area contributed by atoms with Crippen LogP contribution in [0.3, 0.4) is 0 Å². The van der Waals surface area contributed by atoms with Gasteiger partial charge in [-0.1, -0.05) is 55.5 Å². The number of nitrogens with zero attached hydrogens (tertiary/aromatic N) is 2. The molecule has 1 N–H and O–H groups in total. The minimum absolute atomic E-state index is 0.000680. The number of hydrogen-bond donors (Lipinski definition) is 1. The Balaban J connectivity index is 1.42. The molecule has 1 amide bonds. The van der Waals surface area contributed by atoms with Gasteiger partial charge in [-0.3, -0.25) is 4.79 Å². The molecule has 0 aliphatic rings. The van der Waals surface area contributed by atoms with E-state index >= 15 is 0 Å². The van der Waals surface area contributed by atoms with E-state index in [1.165, 1.54) is 5.56 Å². The maximum atomic E-state index is 12.8. The lowest BCUT2D eigenvalue weighted by atomic mass is 10.1. The van der Waals surface area contributed by atoms with Gasteiger partial charge >= 0.3 is 0 Å². The van der Waals surface area contributed by atoms with Crippen LogP contribution >= 0.6 is 0 Å². The topological polar surface area (TPSA) is 56.1 Å². The number of carbonyl (C=O) groups is 1. The van der Waals surface area contributed by atoms with Crippen molar-refractivity contribution in [3.05, 3.63) is 95.3 Å². The molecular formula is C29H33N3O2. The van der Waals surface area contributed by atoms with Crippen molar-refractivity contribution in [3.8, 4) is 5.75 Å². The summed E-state index contributed by atoms with van der Waals surface area (Å²) in [6.45, 7) is 7.56. The Morgan fingerprint density at radius 3 is 2.53 bits per heavy atom. The van der Waals surface area contributed by atoms with Crippen LogP contribution in [0.4, 0.5) is 0 Å². The van der Waals surface area contributed by atoms with E-state index < -0.39 is 0 Å². The first-order valence-corrected chi connectivity index (χ1v) is 12.1. The Morgan fingerprint density at radius 1 is 1.03 bits per heavy atom. The third kappa shape index (κ3) is 5.66. The number of aryl methyl sites for hydroxylation is 3. The maximum Gasteiger partial charge on any atom is 0.225 e. The molecule has 0 saturated carbocycles. The van der Waals surface area contributed by atoms with Crippen molar-refractivity contribution in [1.29, 1.82) is 0 Å². The number of imidazole rings is 1. The smallest absolute Gasteiger partial charge is 0.225 e. The summed E-state index contributed by atoms with van der Waals surface area (Å²) in [5.74, 6) is 1.76. The number of hydrogen-bond acceptors (Lipinski definition) is 3. The highest BCUT2D eigenvalue weighted by atomic mass is 16.5. The zero-order valence-electron chi connectivity index (χ0n) is 20.3. The van der Waals surface area contributed by atoms with Crippen LogP contribution in [-0.4, -0.2) is 22.1 Å². The summed E-state index contributed by atoms with van der Waals surface area (Å²) in [4.78, 5) is 17.6. The highest BCUT2D eigenvalue weighted by Crippen LogP contribution is 2.22. The van der Waals surface area contributed by atoms with E-state index in [0.29, 0.717) is 13.0 Å². The first-order valence-electron chi connectivity index (χ1n) is 12.1. The first kappa shape index (κ1) is 23.6. The van der Waals surface area contributed by atoms with Gasteiger partial charge in [0.25, 0.3) is 0 Å². The zero-order valence-corrected chi connectivity index (χ0v) is 20.3. The molecule has 176 valence electrons. The van der Waals surface area contributed by atoms with Gasteiger partial charge in [0.05, 0.1) is 30.1 Å². The van der Waals surface area contributed by atoms with E-state index in [2.05, 4.69) is 35.0 Å². The van der Waals surface area contributed by atoms with Crippen LogP contribution in [0.5, 0.6) is 5.75 Å². The summed E-state index contributed by atoms with van der Waals surface area (Å²) >= 11 is 0. The fraction of sp³-hybridized carbons (Fsp3) is 0.310. The second kappa shape index (κ2) is 11.0. The van der Waals surface area contributed by atoms with Crippen molar-refractivity contribution < 1.29 is 9.53 Å². The highest BCUT2D eigenvalue weighted by Gasteiger charge is 2.18. The number of nitrogens with one attached hydrogen (secondary N) is 1. The van der Waals surface area contributed by atoms with Crippen molar-refractivity contribution in [2.75, 3.05) is 6.61 Å².